The van der Waals surface area contributed by atoms with E-state index in [-0.39, 0.29) is 16.1 Å². The van der Waals surface area contributed by atoms with Crippen LogP contribution in [-0.4, -0.2) is 60.3 Å². The molecule has 0 fully saturated rings. The Kier molecular flexibility index (Phi) is 8.33. The van der Waals surface area contributed by atoms with E-state index >= 15 is 0 Å². The molecule has 1 aromatic carbocycles. The monoisotopic (exact) mass is 403 g/mol. The molecule has 0 aliphatic carbocycles. The number of nitrogens with zero attached hydrogens (tertiary/aromatic N) is 2. The molecule has 0 saturated carbocycles. The first-order chi connectivity index (χ1) is 11.6. The van der Waals surface area contributed by atoms with Crippen LogP contribution in [0.4, 0.5) is 5.69 Å². The van der Waals surface area contributed by atoms with Crippen LogP contribution in [0.15, 0.2) is 29.2 Å². The van der Waals surface area contributed by atoms with Gasteiger partial charge in [0, 0.05) is 32.9 Å². The molecule has 1 amide bonds. The standard InChI is InChI=1S/C16H25N3O3S3/c1-6-19(7-2)16(23)24-12(3)15(20)17-13-9-8-10-14(11-13)25(21,22)18(4)5/h8-12H,6-7H2,1-5H3,(H,17,20)/t12-/m1/s1. The number of benzene rings is 1. The number of rotatable bonds is 7. The fourth-order valence-corrected chi connectivity index (χ4v) is 4.47. The predicted molar refractivity (Wildman–Crippen MR) is 109 cm³/mol. The Balaban J connectivity index is 2.82. The van der Waals surface area contributed by atoms with Gasteiger partial charge in [0.15, 0.2) is 0 Å². The highest BCUT2D eigenvalue weighted by Gasteiger charge is 2.20. The number of carbonyl (C=O) groups is 1. The topological polar surface area (TPSA) is 69.7 Å². The zero-order valence-electron chi connectivity index (χ0n) is 15.1. The van der Waals surface area contributed by atoms with Gasteiger partial charge in [-0.25, -0.2) is 12.7 Å². The van der Waals surface area contributed by atoms with Crippen molar-refractivity contribution in [3.05, 3.63) is 24.3 Å². The summed E-state index contributed by atoms with van der Waals surface area (Å²) in [5.41, 5.74) is 0.439. The molecule has 0 aliphatic heterocycles. The van der Waals surface area contributed by atoms with E-state index in [9.17, 15) is 13.2 Å². The van der Waals surface area contributed by atoms with Gasteiger partial charge in [0.2, 0.25) is 15.9 Å². The molecule has 1 aromatic rings. The number of carbonyl (C=O) groups excluding carboxylic acids is 1. The van der Waals surface area contributed by atoms with Gasteiger partial charge in [-0.1, -0.05) is 30.0 Å². The van der Waals surface area contributed by atoms with Gasteiger partial charge in [-0.2, -0.15) is 0 Å². The Morgan fingerprint density at radius 1 is 1.28 bits per heavy atom. The minimum atomic E-state index is -3.54. The zero-order valence-corrected chi connectivity index (χ0v) is 17.6. The number of hydrogen-bond donors (Lipinski definition) is 1. The van der Waals surface area contributed by atoms with Crippen molar-refractivity contribution in [2.45, 2.75) is 30.9 Å². The fraction of sp³-hybridized carbons (Fsp3) is 0.500. The van der Waals surface area contributed by atoms with Gasteiger partial charge in [-0.05, 0) is 39.0 Å². The van der Waals surface area contributed by atoms with Crippen LogP contribution in [0.25, 0.3) is 0 Å². The Hall–Kier alpha value is -1.16. The smallest absolute Gasteiger partial charge is 0.242 e. The van der Waals surface area contributed by atoms with Crippen LogP contribution in [0.2, 0.25) is 0 Å². The van der Waals surface area contributed by atoms with Gasteiger partial charge in [0.1, 0.15) is 4.32 Å². The average molecular weight is 404 g/mol. The molecule has 1 N–H and O–H groups in total. The highest BCUT2D eigenvalue weighted by atomic mass is 32.2. The van der Waals surface area contributed by atoms with Crippen LogP contribution >= 0.6 is 24.0 Å². The van der Waals surface area contributed by atoms with Crippen molar-refractivity contribution < 1.29 is 13.2 Å². The van der Waals surface area contributed by atoms with E-state index in [4.69, 9.17) is 12.2 Å². The Morgan fingerprint density at radius 2 is 1.88 bits per heavy atom. The van der Waals surface area contributed by atoms with E-state index in [1.807, 2.05) is 18.7 Å². The second kappa shape index (κ2) is 9.51. The molecule has 0 spiro atoms. The average Bonchev–Trinajstić information content (AvgIpc) is 2.55. The first kappa shape index (κ1) is 21.9. The van der Waals surface area contributed by atoms with Crippen molar-refractivity contribution in [2.75, 3.05) is 32.5 Å². The van der Waals surface area contributed by atoms with E-state index in [0.29, 0.717) is 10.0 Å². The first-order valence-electron chi connectivity index (χ1n) is 7.92. The maximum absolute atomic E-state index is 12.4. The van der Waals surface area contributed by atoms with E-state index < -0.39 is 10.0 Å². The van der Waals surface area contributed by atoms with Crippen LogP contribution in [0.3, 0.4) is 0 Å². The molecule has 6 nitrogen and oxygen atoms in total. The van der Waals surface area contributed by atoms with Crippen molar-refractivity contribution in [1.29, 1.82) is 0 Å². The summed E-state index contributed by atoms with van der Waals surface area (Å²) in [4.78, 5) is 14.5. The fourth-order valence-electron chi connectivity index (χ4n) is 1.95. The van der Waals surface area contributed by atoms with Crippen molar-refractivity contribution in [2.24, 2.45) is 0 Å². The summed E-state index contributed by atoms with van der Waals surface area (Å²) in [5.74, 6) is -0.223. The van der Waals surface area contributed by atoms with Crippen molar-refractivity contribution in [1.82, 2.24) is 9.21 Å². The van der Waals surface area contributed by atoms with Gasteiger partial charge in [0.25, 0.3) is 0 Å². The summed E-state index contributed by atoms with van der Waals surface area (Å²) in [6.45, 7) is 7.38. The van der Waals surface area contributed by atoms with Gasteiger partial charge in [-0.3, -0.25) is 4.79 Å². The predicted octanol–water partition coefficient (Wildman–Crippen LogP) is 2.62. The van der Waals surface area contributed by atoms with E-state index in [2.05, 4.69) is 5.32 Å². The molecule has 25 heavy (non-hydrogen) atoms. The number of amides is 1. The molecular weight excluding hydrogens is 378 g/mol. The minimum Gasteiger partial charge on any atom is -0.358 e. The molecule has 0 bridgehead atoms. The SMILES string of the molecule is CCN(CC)C(=S)S[C@H](C)C(=O)Nc1cccc(S(=O)(=O)N(C)C)c1. The lowest BCUT2D eigenvalue weighted by molar-refractivity contribution is -0.115. The number of thioether (sulfide) groups is 1. The summed E-state index contributed by atoms with van der Waals surface area (Å²) in [6.07, 6.45) is 0. The van der Waals surface area contributed by atoms with Gasteiger partial charge < -0.3 is 10.2 Å². The number of anilines is 1. The van der Waals surface area contributed by atoms with E-state index in [1.165, 1.54) is 38.0 Å². The molecule has 0 saturated heterocycles. The summed E-state index contributed by atoms with van der Waals surface area (Å²) in [7, 11) is -0.612. The molecular formula is C16H25N3O3S3. The lowest BCUT2D eigenvalue weighted by atomic mass is 10.3. The summed E-state index contributed by atoms with van der Waals surface area (Å²) < 4.78 is 26.2. The molecule has 0 radical (unpaired) electrons. The van der Waals surface area contributed by atoms with E-state index in [1.54, 1.807) is 19.1 Å². The molecule has 140 valence electrons. The van der Waals surface area contributed by atoms with Crippen LogP contribution in [0.5, 0.6) is 0 Å². The lowest BCUT2D eigenvalue weighted by Crippen LogP contribution is -2.31. The molecule has 9 heteroatoms. The second-order valence-corrected chi connectivity index (χ2v) is 9.63. The van der Waals surface area contributed by atoms with Crippen LogP contribution in [-0.2, 0) is 14.8 Å². The second-order valence-electron chi connectivity index (χ2n) is 5.50. The maximum Gasteiger partial charge on any atom is 0.242 e. The third-order valence-corrected chi connectivity index (χ3v) is 6.93. The maximum atomic E-state index is 12.4. The molecule has 1 rings (SSSR count). The minimum absolute atomic E-state index is 0.134. The quantitative estimate of drug-likeness (QED) is 0.706. The normalized spacial score (nSPS) is 12.7. The number of sulfonamides is 1. The molecule has 0 unspecified atom stereocenters. The van der Waals surface area contributed by atoms with Crippen molar-refractivity contribution in [3.8, 4) is 0 Å². The summed E-state index contributed by atoms with van der Waals surface area (Å²) in [5, 5.41) is 2.37. The Morgan fingerprint density at radius 3 is 2.40 bits per heavy atom. The number of nitrogens with one attached hydrogen (secondary N) is 1. The van der Waals surface area contributed by atoms with Gasteiger partial charge in [-0.15, -0.1) is 0 Å². The Bertz CT molecular complexity index is 716. The lowest BCUT2D eigenvalue weighted by Gasteiger charge is -2.23. The van der Waals surface area contributed by atoms with Crippen LogP contribution in [0.1, 0.15) is 20.8 Å². The van der Waals surface area contributed by atoms with Gasteiger partial charge in [0.05, 0.1) is 10.1 Å². The number of hydrogen-bond acceptors (Lipinski definition) is 5. The van der Waals surface area contributed by atoms with Crippen molar-refractivity contribution >= 4 is 49.9 Å². The number of thiocarbonyl (C=S) groups is 1. The highest BCUT2D eigenvalue weighted by Crippen LogP contribution is 2.21. The molecule has 0 aliphatic rings. The highest BCUT2D eigenvalue weighted by molar-refractivity contribution is 8.23. The zero-order chi connectivity index (χ0) is 19.2. The third-order valence-electron chi connectivity index (χ3n) is 3.55. The van der Waals surface area contributed by atoms with Gasteiger partial charge >= 0.3 is 0 Å². The third kappa shape index (κ3) is 5.95. The molecule has 0 aromatic heterocycles. The molecule has 1 atom stereocenters. The summed E-state index contributed by atoms with van der Waals surface area (Å²) >= 11 is 6.67. The Labute approximate surface area is 160 Å². The first-order valence-corrected chi connectivity index (χ1v) is 10.6. The van der Waals surface area contributed by atoms with E-state index in [0.717, 1.165) is 17.4 Å². The largest absolute Gasteiger partial charge is 0.358 e. The van der Waals surface area contributed by atoms with Crippen LogP contribution in [0, 0.1) is 0 Å². The summed E-state index contributed by atoms with van der Waals surface area (Å²) in [6, 6.07) is 6.21. The molecule has 0 heterocycles. The van der Waals surface area contributed by atoms with Crippen LogP contribution < -0.4 is 5.32 Å². The van der Waals surface area contributed by atoms with Crippen molar-refractivity contribution in [3.63, 3.8) is 0 Å².